The summed E-state index contributed by atoms with van der Waals surface area (Å²) in [4.78, 5) is 0.905. The van der Waals surface area contributed by atoms with Gasteiger partial charge in [-0.3, -0.25) is 0 Å². The first kappa shape index (κ1) is 8.14. The standard InChI is InChI=1S/C6H5BrF2S/c1-3-2-4(6(8)9)5(7)10-3/h2,6H,1H3. The maximum absolute atomic E-state index is 12.0. The molecular formula is C6H5BrF2S. The minimum absolute atomic E-state index is 0.0995. The zero-order chi connectivity index (χ0) is 7.72. The lowest BCUT2D eigenvalue weighted by Gasteiger charge is -1.92. The molecule has 0 saturated heterocycles. The van der Waals surface area contributed by atoms with Gasteiger partial charge in [-0.25, -0.2) is 8.78 Å². The number of hydrogen-bond acceptors (Lipinski definition) is 1. The summed E-state index contributed by atoms with van der Waals surface area (Å²) in [5, 5.41) is 0. The van der Waals surface area contributed by atoms with Crippen LogP contribution < -0.4 is 0 Å². The molecule has 1 aromatic heterocycles. The van der Waals surface area contributed by atoms with Crippen LogP contribution in [0, 0.1) is 6.92 Å². The van der Waals surface area contributed by atoms with Crippen LogP contribution in [0.15, 0.2) is 9.85 Å². The van der Waals surface area contributed by atoms with Crippen molar-refractivity contribution in [3.05, 3.63) is 20.3 Å². The molecule has 0 unspecified atom stereocenters. The fourth-order valence-electron chi connectivity index (χ4n) is 0.654. The molecule has 1 rings (SSSR count). The fraction of sp³-hybridized carbons (Fsp3) is 0.333. The van der Waals surface area contributed by atoms with E-state index in [0.717, 1.165) is 4.88 Å². The summed E-state index contributed by atoms with van der Waals surface area (Å²) in [5.41, 5.74) is 0.0995. The van der Waals surface area contributed by atoms with Crippen molar-refractivity contribution in [2.45, 2.75) is 13.3 Å². The average Bonchev–Trinajstić information content (AvgIpc) is 2.10. The molecule has 0 aliphatic rings. The van der Waals surface area contributed by atoms with Gasteiger partial charge in [0.15, 0.2) is 0 Å². The second-order valence-electron chi connectivity index (χ2n) is 1.89. The molecule has 0 aliphatic heterocycles. The molecule has 0 nitrogen and oxygen atoms in total. The van der Waals surface area contributed by atoms with Gasteiger partial charge in [-0.15, -0.1) is 11.3 Å². The molecule has 0 amide bonds. The van der Waals surface area contributed by atoms with Gasteiger partial charge in [0.2, 0.25) is 0 Å². The van der Waals surface area contributed by atoms with Crippen molar-refractivity contribution in [2.75, 3.05) is 0 Å². The minimum atomic E-state index is -2.36. The van der Waals surface area contributed by atoms with E-state index in [-0.39, 0.29) is 5.56 Å². The predicted molar refractivity (Wildman–Crippen MR) is 41.7 cm³/mol. The lowest BCUT2D eigenvalue weighted by molar-refractivity contribution is 0.151. The quantitative estimate of drug-likeness (QED) is 0.685. The van der Waals surface area contributed by atoms with E-state index in [4.69, 9.17) is 0 Å². The Morgan fingerprint density at radius 1 is 1.60 bits per heavy atom. The van der Waals surface area contributed by atoms with Gasteiger partial charge in [-0.2, -0.15) is 0 Å². The highest BCUT2D eigenvalue weighted by atomic mass is 79.9. The van der Waals surface area contributed by atoms with Crippen LogP contribution in [0.5, 0.6) is 0 Å². The van der Waals surface area contributed by atoms with Gasteiger partial charge in [-0.05, 0) is 28.9 Å². The number of thiophene rings is 1. The van der Waals surface area contributed by atoms with Crippen LogP contribution in [-0.4, -0.2) is 0 Å². The van der Waals surface area contributed by atoms with E-state index in [1.54, 1.807) is 6.92 Å². The van der Waals surface area contributed by atoms with Crippen LogP contribution in [0.3, 0.4) is 0 Å². The number of hydrogen-bond donors (Lipinski definition) is 0. The Balaban J connectivity index is 3.03. The van der Waals surface area contributed by atoms with E-state index >= 15 is 0 Å². The van der Waals surface area contributed by atoms with E-state index in [2.05, 4.69) is 15.9 Å². The Morgan fingerprint density at radius 3 is 2.40 bits per heavy atom. The van der Waals surface area contributed by atoms with Crippen LogP contribution in [0.1, 0.15) is 16.9 Å². The maximum atomic E-state index is 12.0. The monoisotopic (exact) mass is 226 g/mol. The highest BCUT2D eigenvalue weighted by Crippen LogP contribution is 2.34. The van der Waals surface area contributed by atoms with Gasteiger partial charge in [0.1, 0.15) is 0 Å². The molecule has 0 saturated carbocycles. The van der Waals surface area contributed by atoms with E-state index in [1.165, 1.54) is 17.4 Å². The Labute approximate surface area is 70.0 Å². The highest BCUT2D eigenvalue weighted by Gasteiger charge is 2.13. The van der Waals surface area contributed by atoms with Gasteiger partial charge >= 0.3 is 0 Å². The van der Waals surface area contributed by atoms with E-state index in [0.29, 0.717) is 3.79 Å². The average molecular weight is 227 g/mol. The fourth-order valence-corrected chi connectivity index (χ4v) is 2.44. The van der Waals surface area contributed by atoms with Crippen LogP contribution in [0.25, 0.3) is 0 Å². The Kier molecular flexibility index (Phi) is 2.41. The Morgan fingerprint density at radius 2 is 2.20 bits per heavy atom. The van der Waals surface area contributed by atoms with E-state index in [9.17, 15) is 8.78 Å². The van der Waals surface area contributed by atoms with Crippen molar-refractivity contribution >= 4 is 27.3 Å². The molecule has 0 bridgehead atoms. The lowest BCUT2D eigenvalue weighted by atomic mass is 10.3. The van der Waals surface area contributed by atoms with Crippen molar-refractivity contribution in [3.8, 4) is 0 Å². The summed E-state index contributed by atoms with van der Waals surface area (Å²) in [6.45, 7) is 1.81. The Bertz CT molecular complexity index is 232. The van der Waals surface area contributed by atoms with E-state index in [1.807, 2.05) is 0 Å². The third-order valence-electron chi connectivity index (χ3n) is 1.07. The van der Waals surface area contributed by atoms with Gasteiger partial charge in [0, 0.05) is 10.4 Å². The summed E-state index contributed by atoms with van der Waals surface area (Å²) >= 11 is 4.39. The van der Waals surface area contributed by atoms with Crippen molar-refractivity contribution in [1.29, 1.82) is 0 Å². The van der Waals surface area contributed by atoms with Crippen molar-refractivity contribution in [2.24, 2.45) is 0 Å². The summed E-state index contributed by atoms with van der Waals surface area (Å²) in [6.07, 6.45) is -2.36. The molecular weight excluding hydrogens is 222 g/mol. The van der Waals surface area contributed by atoms with Crippen molar-refractivity contribution < 1.29 is 8.78 Å². The summed E-state index contributed by atoms with van der Waals surface area (Å²) in [7, 11) is 0. The first-order valence-electron chi connectivity index (χ1n) is 2.65. The third kappa shape index (κ3) is 1.55. The molecule has 10 heavy (non-hydrogen) atoms. The smallest absolute Gasteiger partial charge is 0.205 e. The highest BCUT2D eigenvalue weighted by molar-refractivity contribution is 9.11. The Hall–Kier alpha value is 0.0400. The molecule has 4 heteroatoms. The molecule has 0 atom stereocenters. The second-order valence-corrected chi connectivity index (χ2v) is 4.46. The van der Waals surface area contributed by atoms with Crippen LogP contribution in [-0.2, 0) is 0 Å². The molecule has 0 aliphatic carbocycles. The van der Waals surface area contributed by atoms with Crippen molar-refractivity contribution in [3.63, 3.8) is 0 Å². The molecule has 0 spiro atoms. The van der Waals surface area contributed by atoms with Crippen molar-refractivity contribution in [1.82, 2.24) is 0 Å². The number of rotatable bonds is 1. The largest absolute Gasteiger partial charge is 0.265 e. The first-order valence-corrected chi connectivity index (χ1v) is 4.26. The van der Waals surface area contributed by atoms with Crippen LogP contribution >= 0.6 is 27.3 Å². The SMILES string of the molecule is Cc1cc(C(F)F)c(Br)s1. The second kappa shape index (κ2) is 2.96. The summed E-state index contributed by atoms with van der Waals surface area (Å²) in [5.74, 6) is 0. The zero-order valence-corrected chi connectivity index (χ0v) is 7.60. The third-order valence-corrected chi connectivity index (χ3v) is 2.87. The van der Waals surface area contributed by atoms with Gasteiger partial charge in [-0.1, -0.05) is 0 Å². The van der Waals surface area contributed by atoms with Gasteiger partial charge < -0.3 is 0 Å². The normalized spacial score (nSPS) is 10.9. The molecule has 1 aromatic rings. The molecule has 0 fully saturated rings. The first-order chi connectivity index (χ1) is 4.61. The lowest BCUT2D eigenvalue weighted by Crippen LogP contribution is -1.77. The van der Waals surface area contributed by atoms with E-state index < -0.39 is 6.43 Å². The number of aryl methyl sites for hydroxylation is 1. The molecule has 0 radical (unpaired) electrons. The predicted octanol–water partition coefficient (Wildman–Crippen LogP) is 3.76. The summed E-state index contributed by atoms with van der Waals surface area (Å²) in [6, 6.07) is 1.50. The summed E-state index contributed by atoms with van der Waals surface area (Å²) < 4.78 is 24.6. The topological polar surface area (TPSA) is 0 Å². The van der Waals surface area contributed by atoms with Crippen LogP contribution in [0.2, 0.25) is 0 Å². The molecule has 56 valence electrons. The minimum Gasteiger partial charge on any atom is -0.205 e. The molecule has 0 N–H and O–H groups in total. The number of halogens is 3. The van der Waals surface area contributed by atoms with Crippen LogP contribution in [0.4, 0.5) is 8.78 Å². The number of alkyl halides is 2. The molecule has 0 aromatic carbocycles. The van der Waals surface area contributed by atoms with Gasteiger partial charge in [0.25, 0.3) is 6.43 Å². The molecule has 1 heterocycles. The van der Waals surface area contributed by atoms with Gasteiger partial charge in [0.05, 0.1) is 3.79 Å². The maximum Gasteiger partial charge on any atom is 0.265 e. The zero-order valence-electron chi connectivity index (χ0n) is 5.20.